The SMILES string of the molecule is O=C(/C=C/c1ccn(S(=O)(=O)c2ccc(-c3ccc(CNC4CCCC4)cc3)cc2)c1)NO. The van der Waals surface area contributed by atoms with Gasteiger partial charge in [0.1, 0.15) is 0 Å². The molecule has 0 saturated heterocycles. The van der Waals surface area contributed by atoms with Crippen molar-refractivity contribution >= 4 is 22.0 Å². The van der Waals surface area contributed by atoms with Gasteiger partial charge in [0.05, 0.1) is 4.90 Å². The highest BCUT2D eigenvalue weighted by Crippen LogP contribution is 2.24. The van der Waals surface area contributed by atoms with E-state index in [4.69, 9.17) is 5.21 Å². The molecule has 0 bridgehead atoms. The standard InChI is InChI=1S/C25H27N3O4S/c29-25(27-30)14-7-20-15-16-28(18-20)33(31,32)24-12-10-22(11-13-24)21-8-5-19(6-9-21)17-26-23-3-1-2-4-23/h5-16,18,23,26,30H,1-4,17H2,(H,27,29)/b14-7+. The third-order valence-corrected chi connectivity index (χ3v) is 7.54. The predicted molar refractivity (Wildman–Crippen MR) is 127 cm³/mol. The Morgan fingerprint density at radius 1 is 1.00 bits per heavy atom. The van der Waals surface area contributed by atoms with Crippen LogP contribution in [0, 0.1) is 0 Å². The van der Waals surface area contributed by atoms with Gasteiger partial charge in [0.15, 0.2) is 0 Å². The smallest absolute Gasteiger partial charge is 0.267 e. The lowest BCUT2D eigenvalue weighted by Crippen LogP contribution is -2.25. The van der Waals surface area contributed by atoms with Crippen LogP contribution in [0.1, 0.15) is 36.8 Å². The van der Waals surface area contributed by atoms with Gasteiger partial charge in [-0.3, -0.25) is 10.0 Å². The van der Waals surface area contributed by atoms with Crippen LogP contribution in [0.4, 0.5) is 0 Å². The predicted octanol–water partition coefficient (Wildman–Crippen LogP) is 3.94. The molecule has 0 unspecified atom stereocenters. The zero-order valence-corrected chi connectivity index (χ0v) is 19.0. The van der Waals surface area contributed by atoms with Crippen LogP contribution < -0.4 is 10.8 Å². The number of hydrogen-bond acceptors (Lipinski definition) is 5. The summed E-state index contributed by atoms with van der Waals surface area (Å²) in [6.45, 7) is 0.862. The Balaban J connectivity index is 1.43. The third kappa shape index (κ3) is 5.60. The van der Waals surface area contributed by atoms with Gasteiger partial charge in [-0.1, -0.05) is 49.2 Å². The molecule has 33 heavy (non-hydrogen) atoms. The Labute approximate surface area is 193 Å². The lowest BCUT2D eigenvalue weighted by molar-refractivity contribution is -0.124. The average molecular weight is 466 g/mol. The molecule has 1 fully saturated rings. The lowest BCUT2D eigenvalue weighted by Gasteiger charge is -2.12. The molecule has 1 aliphatic rings. The van der Waals surface area contributed by atoms with Crippen molar-refractivity contribution in [1.82, 2.24) is 14.8 Å². The molecule has 0 radical (unpaired) electrons. The molecule has 8 heteroatoms. The van der Waals surface area contributed by atoms with Crippen LogP contribution in [-0.2, 0) is 21.4 Å². The molecule has 3 aromatic rings. The second-order valence-electron chi connectivity index (χ2n) is 8.17. The molecule has 0 aliphatic heterocycles. The van der Waals surface area contributed by atoms with Gasteiger partial charge in [-0.2, -0.15) is 0 Å². The zero-order chi connectivity index (χ0) is 23.3. The van der Waals surface area contributed by atoms with Gasteiger partial charge in [0.2, 0.25) is 0 Å². The highest BCUT2D eigenvalue weighted by Gasteiger charge is 2.17. The van der Waals surface area contributed by atoms with Crippen molar-refractivity contribution in [3.05, 3.63) is 84.2 Å². The minimum Gasteiger partial charge on any atom is -0.310 e. The summed E-state index contributed by atoms with van der Waals surface area (Å²) in [7, 11) is -3.76. The first kappa shape index (κ1) is 23.0. The Bertz CT molecular complexity index is 1220. The summed E-state index contributed by atoms with van der Waals surface area (Å²) in [5.74, 6) is -0.695. The maximum atomic E-state index is 12.9. The van der Waals surface area contributed by atoms with Crippen LogP contribution in [0.2, 0.25) is 0 Å². The maximum Gasteiger partial charge on any atom is 0.267 e. The number of amides is 1. The summed E-state index contributed by atoms with van der Waals surface area (Å²) in [5, 5.41) is 12.1. The summed E-state index contributed by atoms with van der Waals surface area (Å²) in [5.41, 5.74) is 5.20. The van der Waals surface area contributed by atoms with Crippen LogP contribution in [0.25, 0.3) is 17.2 Å². The summed E-state index contributed by atoms with van der Waals surface area (Å²) in [6.07, 6.45) is 10.5. The highest BCUT2D eigenvalue weighted by atomic mass is 32.2. The monoisotopic (exact) mass is 465 g/mol. The number of benzene rings is 2. The van der Waals surface area contributed by atoms with Crippen LogP contribution in [0.5, 0.6) is 0 Å². The van der Waals surface area contributed by atoms with E-state index in [9.17, 15) is 13.2 Å². The molecular formula is C25H27N3O4S. The van der Waals surface area contributed by atoms with E-state index < -0.39 is 15.9 Å². The molecule has 3 N–H and O–H groups in total. The fourth-order valence-electron chi connectivity index (χ4n) is 4.00. The second kappa shape index (κ2) is 10.2. The third-order valence-electron chi connectivity index (χ3n) is 5.89. The number of carbonyl (C=O) groups is 1. The van der Waals surface area contributed by atoms with Crippen molar-refractivity contribution in [3.63, 3.8) is 0 Å². The second-order valence-corrected chi connectivity index (χ2v) is 10.0. The average Bonchev–Trinajstić information content (AvgIpc) is 3.54. The summed E-state index contributed by atoms with van der Waals surface area (Å²) in [4.78, 5) is 11.3. The topological polar surface area (TPSA) is 100 Å². The van der Waals surface area contributed by atoms with Crippen LogP contribution in [0.15, 0.2) is 78.0 Å². The van der Waals surface area contributed by atoms with E-state index in [0.29, 0.717) is 11.6 Å². The van der Waals surface area contributed by atoms with E-state index in [1.54, 1.807) is 30.3 Å². The van der Waals surface area contributed by atoms with Crippen molar-refractivity contribution in [3.8, 4) is 11.1 Å². The van der Waals surface area contributed by atoms with Gasteiger partial charge in [-0.05, 0) is 59.4 Å². The summed E-state index contributed by atoms with van der Waals surface area (Å²) < 4.78 is 27.0. The van der Waals surface area contributed by atoms with E-state index in [1.165, 1.54) is 55.2 Å². The number of nitrogens with one attached hydrogen (secondary N) is 2. The van der Waals surface area contributed by atoms with E-state index in [-0.39, 0.29) is 4.90 Å². The number of nitrogens with zero attached hydrogens (tertiary/aromatic N) is 1. The van der Waals surface area contributed by atoms with E-state index >= 15 is 0 Å². The fraction of sp³-hybridized carbons (Fsp3) is 0.240. The van der Waals surface area contributed by atoms with Gasteiger partial charge >= 0.3 is 0 Å². The van der Waals surface area contributed by atoms with E-state index in [2.05, 4.69) is 29.6 Å². The lowest BCUT2D eigenvalue weighted by atomic mass is 10.0. The first-order chi connectivity index (χ1) is 16.0. The molecule has 4 rings (SSSR count). The molecule has 1 amide bonds. The Morgan fingerprint density at radius 3 is 2.27 bits per heavy atom. The molecule has 1 aliphatic carbocycles. The van der Waals surface area contributed by atoms with Crippen LogP contribution in [-0.4, -0.2) is 29.5 Å². The first-order valence-corrected chi connectivity index (χ1v) is 12.4. The Morgan fingerprint density at radius 2 is 1.64 bits per heavy atom. The number of hydrogen-bond donors (Lipinski definition) is 3. The zero-order valence-electron chi connectivity index (χ0n) is 18.1. The van der Waals surface area contributed by atoms with Crippen LogP contribution >= 0.6 is 0 Å². The molecule has 172 valence electrons. The van der Waals surface area contributed by atoms with Gasteiger partial charge in [-0.15, -0.1) is 0 Å². The van der Waals surface area contributed by atoms with Crippen molar-refractivity contribution in [2.24, 2.45) is 0 Å². The maximum absolute atomic E-state index is 12.9. The molecular weight excluding hydrogens is 438 g/mol. The van der Waals surface area contributed by atoms with Crippen LogP contribution in [0.3, 0.4) is 0 Å². The molecule has 1 heterocycles. The molecule has 1 aromatic heterocycles. The molecule has 0 spiro atoms. The van der Waals surface area contributed by atoms with Gasteiger partial charge in [0, 0.05) is 31.1 Å². The Hall–Kier alpha value is -3.20. The van der Waals surface area contributed by atoms with Crippen molar-refractivity contribution in [2.45, 2.75) is 43.2 Å². The van der Waals surface area contributed by atoms with Crippen molar-refractivity contribution < 1.29 is 18.4 Å². The summed E-state index contributed by atoms with van der Waals surface area (Å²) >= 11 is 0. The van der Waals surface area contributed by atoms with E-state index in [1.807, 2.05) is 0 Å². The Kier molecular flexibility index (Phi) is 7.08. The quantitative estimate of drug-likeness (QED) is 0.266. The minimum atomic E-state index is -3.76. The number of rotatable bonds is 8. The highest BCUT2D eigenvalue weighted by molar-refractivity contribution is 7.90. The minimum absolute atomic E-state index is 0.169. The number of carbonyl (C=O) groups excluding carboxylic acids is 1. The molecule has 7 nitrogen and oxygen atoms in total. The number of hydroxylamine groups is 1. The summed E-state index contributed by atoms with van der Waals surface area (Å²) in [6, 6.07) is 17.3. The first-order valence-electron chi connectivity index (χ1n) is 10.9. The largest absolute Gasteiger partial charge is 0.310 e. The van der Waals surface area contributed by atoms with Crippen molar-refractivity contribution in [1.29, 1.82) is 0 Å². The number of aromatic nitrogens is 1. The molecule has 2 aromatic carbocycles. The van der Waals surface area contributed by atoms with E-state index in [0.717, 1.165) is 27.7 Å². The van der Waals surface area contributed by atoms with Gasteiger partial charge in [0.25, 0.3) is 15.9 Å². The van der Waals surface area contributed by atoms with Gasteiger partial charge in [-0.25, -0.2) is 17.9 Å². The van der Waals surface area contributed by atoms with Crippen molar-refractivity contribution in [2.75, 3.05) is 0 Å². The molecule has 1 saturated carbocycles. The van der Waals surface area contributed by atoms with Gasteiger partial charge < -0.3 is 5.32 Å². The normalized spacial score (nSPS) is 14.7. The molecule has 0 atom stereocenters. The fourth-order valence-corrected chi connectivity index (χ4v) is 5.20.